The van der Waals surface area contributed by atoms with Crippen molar-refractivity contribution in [3.05, 3.63) is 35.9 Å². The van der Waals surface area contributed by atoms with Crippen LogP contribution in [0.2, 0.25) is 0 Å². The van der Waals surface area contributed by atoms with Gasteiger partial charge in [-0.25, -0.2) is 0 Å². The van der Waals surface area contributed by atoms with Crippen LogP contribution in [0.3, 0.4) is 0 Å². The molecule has 5 heteroatoms. The van der Waals surface area contributed by atoms with E-state index in [1.807, 2.05) is 44.2 Å². The minimum Gasteiger partial charge on any atom is -0.461 e. The first-order valence-electron chi connectivity index (χ1n) is 7.30. The van der Waals surface area contributed by atoms with Gasteiger partial charge >= 0.3 is 5.97 Å². The minimum absolute atomic E-state index is 0.0896. The van der Waals surface area contributed by atoms with E-state index in [2.05, 4.69) is 0 Å². The van der Waals surface area contributed by atoms with Crippen LogP contribution in [0.5, 0.6) is 0 Å². The Labute approximate surface area is 126 Å². The lowest BCUT2D eigenvalue weighted by Gasteiger charge is -2.34. The van der Waals surface area contributed by atoms with Crippen LogP contribution in [0.4, 0.5) is 0 Å². The summed E-state index contributed by atoms with van der Waals surface area (Å²) in [4.78, 5) is 12.3. The largest absolute Gasteiger partial charge is 0.461 e. The predicted octanol–water partition coefficient (Wildman–Crippen LogP) is 1.66. The molecule has 2 aliphatic heterocycles. The van der Waals surface area contributed by atoms with Gasteiger partial charge in [0.1, 0.15) is 20.1 Å². The fourth-order valence-corrected chi connectivity index (χ4v) is 3.30. The van der Waals surface area contributed by atoms with E-state index in [4.69, 9.17) is 22.1 Å². The van der Waals surface area contributed by atoms with Crippen molar-refractivity contribution >= 4 is 13.8 Å². The van der Waals surface area contributed by atoms with Crippen molar-refractivity contribution in [1.82, 2.24) is 0 Å². The minimum atomic E-state index is -0.655. The third-order valence-electron chi connectivity index (χ3n) is 4.75. The highest BCUT2D eigenvalue weighted by molar-refractivity contribution is 6.11. The highest BCUT2D eigenvalue weighted by Crippen LogP contribution is 2.48. The van der Waals surface area contributed by atoms with Gasteiger partial charge in [0.15, 0.2) is 0 Å². The number of benzene rings is 1. The van der Waals surface area contributed by atoms with E-state index in [0.29, 0.717) is 6.61 Å². The maximum Gasteiger partial charge on any atom is 0.312 e. The second-order valence-electron chi connectivity index (χ2n) is 5.92. The summed E-state index contributed by atoms with van der Waals surface area (Å²) in [6.07, 6.45) is -0.130. The molecule has 0 amide bonds. The molecule has 21 heavy (non-hydrogen) atoms. The molecule has 0 aromatic heterocycles. The Kier molecular flexibility index (Phi) is 3.80. The van der Waals surface area contributed by atoms with Gasteiger partial charge in [-0.1, -0.05) is 37.3 Å². The lowest BCUT2D eigenvalue weighted by Crippen LogP contribution is -2.47. The van der Waals surface area contributed by atoms with Gasteiger partial charge in [-0.15, -0.1) is 0 Å². The number of carbonyl (C=O) groups is 1. The monoisotopic (exact) mass is 286 g/mol. The SMILES string of the molecule is [B][C@@H]1O[C@@]2([C@@H](C)C(=O)OCc3ccccc3)CO[C@H]1C2C. The molecule has 4 nitrogen and oxygen atoms in total. The first kappa shape index (κ1) is 14.6. The molecule has 3 rings (SSSR count). The summed E-state index contributed by atoms with van der Waals surface area (Å²) in [7, 11) is 5.90. The summed E-state index contributed by atoms with van der Waals surface area (Å²) in [6.45, 7) is 4.51. The van der Waals surface area contributed by atoms with E-state index in [-0.39, 0.29) is 24.6 Å². The van der Waals surface area contributed by atoms with Gasteiger partial charge in [-0.05, 0) is 12.5 Å². The van der Waals surface area contributed by atoms with Crippen molar-refractivity contribution in [2.45, 2.75) is 38.2 Å². The van der Waals surface area contributed by atoms with Gasteiger partial charge in [0.05, 0.1) is 18.6 Å². The van der Waals surface area contributed by atoms with Crippen LogP contribution in [0.1, 0.15) is 19.4 Å². The summed E-state index contributed by atoms with van der Waals surface area (Å²) in [5.74, 6) is -0.592. The topological polar surface area (TPSA) is 44.8 Å². The third-order valence-corrected chi connectivity index (χ3v) is 4.75. The first-order valence-corrected chi connectivity index (χ1v) is 7.30. The van der Waals surface area contributed by atoms with Crippen LogP contribution < -0.4 is 0 Å². The molecule has 1 aromatic rings. The highest BCUT2D eigenvalue weighted by Gasteiger charge is 2.61. The average Bonchev–Trinajstić information content (AvgIpc) is 2.95. The van der Waals surface area contributed by atoms with Crippen molar-refractivity contribution < 1.29 is 19.0 Å². The van der Waals surface area contributed by atoms with Crippen LogP contribution in [0.25, 0.3) is 0 Å². The maximum absolute atomic E-state index is 12.3. The van der Waals surface area contributed by atoms with Gasteiger partial charge in [0.2, 0.25) is 0 Å². The average molecular weight is 286 g/mol. The molecule has 0 saturated carbocycles. The Hall–Kier alpha value is -1.33. The van der Waals surface area contributed by atoms with Gasteiger partial charge in [-0.3, -0.25) is 4.79 Å². The molecule has 2 radical (unpaired) electrons. The standard InChI is InChI=1S/C16H19BO4/c1-10-13-14(17)21-16(10,9-20-13)11(2)15(18)19-8-12-6-4-3-5-7-12/h3-7,10-11,13-14H,8-9H2,1-2H3/t10?,11-,13-,14+,16-/m0/s1. The van der Waals surface area contributed by atoms with Gasteiger partial charge in [0, 0.05) is 11.9 Å². The summed E-state index contributed by atoms with van der Waals surface area (Å²) >= 11 is 0. The lowest BCUT2D eigenvalue weighted by molar-refractivity contribution is -0.174. The van der Waals surface area contributed by atoms with Crippen molar-refractivity contribution in [2.75, 3.05) is 6.61 Å². The summed E-state index contributed by atoms with van der Waals surface area (Å²) in [5, 5.41) is 0. The van der Waals surface area contributed by atoms with Gasteiger partial charge < -0.3 is 14.2 Å². The molecule has 2 bridgehead atoms. The zero-order valence-electron chi connectivity index (χ0n) is 12.3. The van der Waals surface area contributed by atoms with Crippen LogP contribution in [0.15, 0.2) is 30.3 Å². The second kappa shape index (κ2) is 5.46. The van der Waals surface area contributed by atoms with Gasteiger partial charge in [-0.2, -0.15) is 0 Å². The number of ether oxygens (including phenoxy) is 3. The van der Waals surface area contributed by atoms with E-state index in [9.17, 15) is 4.79 Å². The Morgan fingerprint density at radius 3 is 2.76 bits per heavy atom. The first-order chi connectivity index (χ1) is 10.0. The maximum atomic E-state index is 12.3. The van der Waals surface area contributed by atoms with Crippen molar-refractivity contribution in [3.63, 3.8) is 0 Å². The van der Waals surface area contributed by atoms with E-state index >= 15 is 0 Å². The number of carbonyl (C=O) groups excluding carboxylic acids is 1. The molecule has 0 N–H and O–H groups in total. The van der Waals surface area contributed by atoms with Crippen molar-refractivity contribution in [3.8, 4) is 0 Å². The molecule has 2 aliphatic rings. The molecule has 5 atom stereocenters. The summed E-state index contributed by atoms with van der Waals surface area (Å²) in [6, 6.07) is 9.16. The van der Waals surface area contributed by atoms with Crippen LogP contribution in [-0.4, -0.2) is 38.1 Å². The third kappa shape index (κ3) is 2.38. The fourth-order valence-electron chi connectivity index (χ4n) is 3.30. The molecule has 110 valence electrons. The van der Waals surface area contributed by atoms with Crippen molar-refractivity contribution in [2.24, 2.45) is 11.8 Å². The molecule has 2 fully saturated rings. The molecule has 0 spiro atoms. The van der Waals surface area contributed by atoms with E-state index in [1.165, 1.54) is 0 Å². The Morgan fingerprint density at radius 1 is 1.48 bits per heavy atom. The zero-order valence-corrected chi connectivity index (χ0v) is 12.3. The number of rotatable bonds is 4. The fraction of sp³-hybridized carbons (Fsp3) is 0.562. The van der Waals surface area contributed by atoms with Crippen LogP contribution >= 0.6 is 0 Å². The number of esters is 1. The molecule has 1 aromatic carbocycles. The number of hydrogen-bond donors (Lipinski definition) is 0. The zero-order chi connectivity index (χ0) is 15.0. The smallest absolute Gasteiger partial charge is 0.312 e. The normalized spacial score (nSPS) is 35.6. The van der Waals surface area contributed by atoms with Gasteiger partial charge in [0.25, 0.3) is 0 Å². The summed E-state index contributed by atoms with van der Waals surface area (Å²) in [5.41, 5.74) is 0.311. The molecule has 1 unspecified atom stereocenters. The molecule has 2 heterocycles. The second-order valence-corrected chi connectivity index (χ2v) is 5.92. The molecular formula is C16H19BO4. The number of fused-ring (bicyclic) bond motifs is 2. The Balaban J connectivity index is 1.65. The van der Waals surface area contributed by atoms with Crippen LogP contribution in [0, 0.1) is 11.8 Å². The summed E-state index contributed by atoms with van der Waals surface area (Å²) < 4.78 is 16.9. The van der Waals surface area contributed by atoms with E-state index < -0.39 is 17.5 Å². The lowest BCUT2D eigenvalue weighted by atomic mass is 9.79. The quantitative estimate of drug-likeness (QED) is 0.624. The molecule has 0 aliphatic carbocycles. The van der Waals surface area contributed by atoms with Crippen molar-refractivity contribution in [1.29, 1.82) is 0 Å². The Bertz CT molecular complexity index is 520. The van der Waals surface area contributed by atoms with E-state index in [1.54, 1.807) is 0 Å². The number of hydrogen-bond acceptors (Lipinski definition) is 4. The van der Waals surface area contributed by atoms with E-state index in [0.717, 1.165) is 5.56 Å². The van der Waals surface area contributed by atoms with Crippen LogP contribution in [-0.2, 0) is 25.6 Å². The predicted molar refractivity (Wildman–Crippen MR) is 77.7 cm³/mol. The molecular weight excluding hydrogens is 267 g/mol. The molecule has 2 saturated heterocycles. The Morgan fingerprint density at radius 2 is 2.19 bits per heavy atom. The highest BCUT2D eigenvalue weighted by atomic mass is 16.6.